The van der Waals surface area contributed by atoms with Gasteiger partial charge in [-0.05, 0) is 109 Å². The second kappa shape index (κ2) is 21.0. The molecule has 13 N–H and O–H groups in total. The summed E-state index contributed by atoms with van der Waals surface area (Å²) in [6, 6.07) is 0. The van der Waals surface area contributed by atoms with E-state index in [4.69, 9.17) is 37.9 Å². The average Bonchev–Trinajstić information content (AvgIpc) is 3.54. The lowest BCUT2D eigenvalue weighted by Gasteiger charge is -2.71. The van der Waals surface area contributed by atoms with Gasteiger partial charge < -0.3 is 104 Å². The molecule has 434 valence electrons. The summed E-state index contributed by atoms with van der Waals surface area (Å²) >= 11 is 0. The van der Waals surface area contributed by atoms with Gasteiger partial charge in [0.05, 0.1) is 31.3 Å². The van der Waals surface area contributed by atoms with Crippen LogP contribution >= 0.6 is 0 Å². The Morgan fingerprint density at radius 3 is 1.93 bits per heavy atom. The molecule has 0 aromatic carbocycles. The third-order valence-corrected chi connectivity index (χ3v) is 21.0. The van der Waals surface area contributed by atoms with Gasteiger partial charge in [-0.15, -0.1) is 0 Å². The molecule has 0 spiro atoms. The lowest BCUT2D eigenvalue weighted by molar-refractivity contribution is -0.357. The number of fused-ring (bicyclic) bond motifs is 7. The number of carboxylic acids is 1. The monoisotopic (exact) mass is 1090 g/mol. The maximum atomic E-state index is 15.1. The average molecular weight is 1090 g/mol. The lowest BCUT2D eigenvalue weighted by Crippen LogP contribution is -2.67. The Bertz CT molecular complexity index is 2140. The number of carbonyl (C=O) groups is 2. The number of aliphatic hydroxyl groups excluding tert-OH is 12. The van der Waals surface area contributed by atoms with Crippen LogP contribution in [0.3, 0.4) is 0 Å². The van der Waals surface area contributed by atoms with Crippen molar-refractivity contribution in [1.82, 2.24) is 0 Å². The van der Waals surface area contributed by atoms with Gasteiger partial charge in [-0.3, -0.25) is 4.79 Å². The van der Waals surface area contributed by atoms with E-state index in [1.165, 1.54) is 5.57 Å². The first-order chi connectivity index (χ1) is 35.5. The summed E-state index contributed by atoms with van der Waals surface area (Å²) in [7, 11) is 0. The first-order valence-corrected chi connectivity index (χ1v) is 27.2. The van der Waals surface area contributed by atoms with Crippen LogP contribution in [0, 0.1) is 50.2 Å². The SMILES string of the molecule is CC1(C)CC[C@]2(C(=O)O[C@@H]3O[C@H](CO[C@@H]4O[C@H](CO)[C@@H](O)[C@H](O)[C@H]4O)[C@@H](O)[C@H](O)[C@H]3O)CC[C@]3(C)C(=CC[C@@H]4[C@@]5(C)CC[C@H](O[C@@H]6O[C@H](C(=O)O)[C@@H](O)[C@H](O[C@@H]7OC[C@H](O)[C@H](O)[C@H]7O)[C@H]6O)C(C)(C)[C@@H]5CC[C@]43C)[C@@H]2C1. The van der Waals surface area contributed by atoms with Gasteiger partial charge >= 0.3 is 11.9 Å². The van der Waals surface area contributed by atoms with E-state index in [0.717, 1.165) is 19.3 Å². The van der Waals surface area contributed by atoms with Crippen molar-refractivity contribution >= 4 is 11.9 Å². The van der Waals surface area contributed by atoms with Gasteiger partial charge in [-0.25, -0.2) is 4.79 Å². The molecule has 9 rings (SSSR count). The highest BCUT2D eigenvalue weighted by Crippen LogP contribution is 2.76. The van der Waals surface area contributed by atoms with E-state index in [1.807, 2.05) is 0 Å². The van der Waals surface area contributed by atoms with Crippen LogP contribution in [0.4, 0.5) is 0 Å². The number of aliphatic hydroxyl groups is 12. The second-order valence-electron chi connectivity index (χ2n) is 25.9. The van der Waals surface area contributed by atoms with E-state index in [-0.39, 0.29) is 39.4 Å². The molecule has 0 bridgehead atoms. The molecule has 4 aliphatic heterocycles. The standard InChI is InChI=1S/C53H84O23/c1-48(2)14-16-53(47(68)76-45-37(63)34(60)32(58)26(72-45)21-70-43-36(62)33(59)31(57)25(19-54)71-43)17-15-51(6)22(23(53)18-48)8-9-28-50(5)12-11-29(49(3,4)27(50)10-13-52(28,51)7)73-46-39(65)40(38(64)41(75-46)42(66)67)74-44-35(61)30(56)24(55)20-69-44/h8,23-41,43-46,54-65H,9-21H2,1-7H3,(H,66,67)/t23-,24-,25+,26+,27-,28+,29-,30-,31+,32+,33-,34-,35+,36+,37+,38-,39+,40-,41-,43+,44-,45-,46+,50-,51+,52+,53-/m0/s1. The molecule has 0 unspecified atom stereocenters. The Morgan fingerprint density at radius 2 is 1.26 bits per heavy atom. The predicted octanol–water partition coefficient (Wildman–Crippen LogP) is -1.30. The van der Waals surface area contributed by atoms with Crippen LogP contribution in [0.5, 0.6) is 0 Å². The molecular formula is C53H84O23. The van der Waals surface area contributed by atoms with Crippen LogP contribution in [0.15, 0.2) is 11.6 Å². The fourth-order valence-corrected chi connectivity index (χ4v) is 16.1. The summed E-state index contributed by atoms with van der Waals surface area (Å²) in [4.78, 5) is 27.5. The van der Waals surface area contributed by atoms with Crippen molar-refractivity contribution in [2.75, 3.05) is 19.8 Å². The van der Waals surface area contributed by atoms with Gasteiger partial charge in [0, 0.05) is 0 Å². The number of rotatable bonds is 11. The third kappa shape index (κ3) is 9.52. The van der Waals surface area contributed by atoms with Crippen molar-refractivity contribution in [2.45, 2.75) is 235 Å². The Labute approximate surface area is 442 Å². The second-order valence-corrected chi connectivity index (χ2v) is 25.9. The molecule has 0 aromatic rings. The molecule has 27 atom stereocenters. The highest BCUT2D eigenvalue weighted by molar-refractivity contribution is 5.79. The molecule has 4 saturated heterocycles. The van der Waals surface area contributed by atoms with E-state index < -0.39 is 165 Å². The molecule has 8 fully saturated rings. The fourth-order valence-electron chi connectivity index (χ4n) is 16.1. The van der Waals surface area contributed by atoms with Crippen LogP contribution in [0.1, 0.15) is 113 Å². The van der Waals surface area contributed by atoms with Crippen molar-refractivity contribution in [1.29, 1.82) is 0 Å². The Morgan fingerprint density at radius 1 is 0.632 bits per heavy atom. The van der Waals surface area contributed by atoms with Gasteiger partial charge in [0.15, 0.2) is 25.0 Å². The topological polar surface area (TPSA) is 371 Å². The van der Waals surface area contributed by atoms with E-state index in [1.54, 1.807) is 0 Å². The highest BCUT2D eigenvalue weighted by atomic mass is 16.8. The Balaban J connectivity index is 0.920. The summed E-state index contributed by atoms with van der Waals surface area (Å²) in [5.41, 5.74) is -1.35. The van der Waals surface area contributed by atoms with E-state index >= 15 is 4.79 Å². The van der Waals surface area contributed by atoms with Gasteiger partial charge in [-0.1, -0.05) is 60.1 Å². The minimum atomic E-state index is -1.92. The summed E-state index contributed by atoms with van der Waals surface area (Å²) in [5.74, 6) is -2.12. The smallest absolute Gasteiger partial charge is 0.335 e. The number of carbonyl (C=O) groups excluding carboxylic acids is 1. The summed E-state index contributed by atoms with van der Waals surface area (Å²) in [6.45, 7) is 14.0. The van der Waals surface area contributed by atoms with Gasteiger partial charge in [-0.2, -0.15) is 0 Å². The fraction of sp³-hybridized carbons (Fsp3) is 0.925. The molecule has 9 aliphatic rings. The molecule has 4 heterocycles. The van der Waals surface area contributed by atoms with Crippen LogP contribution in [-0.2, 0) is 47.5 Å². The zero-order valence-corrected chi connectivity index (χ0v) is 44.4. The van der Waals surface area contributed by atoms with E-state index in [2.05, 4.69) is 54.5 Å². The molecule has 23 nitrogen and oxygen atoms in total. The number of ether oxygens (including phenoxy) is 8. The van der Waals surface area contributed by atoms with Crippen molar-refractivity contribution in [3.63, 3.8) is 0 Å². The quantitative estimate of drug-likeness (QED) is 0.0649. The zero-order chi connectivity index (χ0) is 55.6. The molecule has 76 heavy (non-hydrogen) atoms. The van der Waals surface area contributed by atoms with Crippen molar-refractivity contribution in [2.24, 2.45) is 50.2 Å². The number of hydrogen-bond acceptors (Lipinski definition) is 22. The molecule has 4 saturated carbocycles. The summed E-state index contributed by atoms with van der Waals surface area (Å²) in [5, 5.41) is 137. The van der Waals surface area contributed by atoms with Crippen molar-refractivity contribution in [3.8, 4) is 0 Å². The minimum Gasteiger partial charge on any atom is -0.479 e. The van der Waals surface area contributed by atoms with Gasteiger partial charge in [0.1, 0.15) is 85.5 Å². The summed E-state index contributed by atoms with van der Waals surface area (Å²) < 4.78 is 46.6. The number of esters is 1. The van der Waals surface area contributed by atoms with Gasteiger partial charge in [0.2, 0.25) is 6.29 Å². The maximum absolute atomic E-state index is 15.1. The largest absolute Gasteiger partial charge is 0.479 e. The number of aliphatic carboxylic acids is 1. The van der Waals surface area contributed by atoms with Crippen LogP contribution in [0.2, 0.25) is 0 Å². The van der Waals surface area contributed by atoms with Crippen LogP contribution in [-0.4, -0.2) is 221 Å². The van der Waals surface area contributed by atoms with Crippen molar-refractivity contribution in [3.05, 3.63) is 11.6 Å². The lowest BCUT2D eigenvalue weighted by atomic mass is 9.33. The molecule has 0 amide bonds. The first-order valence-electron chi connectivity index (χ1n) is 27.2. The van der Waals surface area contributed by atoms with E-state index in [0.29, 0.717) is 44.9 Å². The normalized spacial score (nSPS) is 52.9. The molecule has 0 aromatic heterocycles. The first kappa shape index (κ1) is 58.6. The highest BCUT2D eigenvalue weighted by Gasteiger charge is 2.70. The molecule has 0 radical (unpaired) electrons. The number of hydrogen-bond donors (Lipinski definition) is 13. The molecule has 23 heteroatoms. The van der Waals surface area contributed by atoms with Crippen molar-refractivity contribution < 1.29 is 114 Å². The Kier molecular flexibility index (Phi) is 16.2. The third-order valence-electron chi connectivity index (χ3n) is 21.0. The van der Waals surface area contributed by atoms with Crippen LogP contribution < -0.4 is 0 Å². The minimum absolute atomic E-state index is 0.0798. The molecule has 5 aliphatic carbocycles. The predicted molar refractivity (Wildman–Crippen MR) is 257 cm³/mol. The number of allylic oxidation sites excluding steroid dienone is 2. The summed E-state index contributed by atoms with van der Waals surface area (Å²) in [6.07, 6.45) is -23.4. The zero-order valence-electron chi connectivity index (χ0n) is 44.4. The maximum Gasteiger partial charge on any atom is 0.335 e. The van der Waals surface area contributed by atoms with Gasteiger partial charge in [0.25, 0.3) is 0 Å². The van der Waals surface area contributed by atoms with Crippen LogP contribution in [0.25, 0.3) is 0 Å². The number of carboxylic acid groups (broad SMARTS) is 1. The Hall–Kier alpha value is -2.08. The molecular weight excluding hydrogens is 1000 g/mol. The van der Waals surface area contributed by atoms with E-state index in [9.17, 15) is 71.2 Å².